The van der Waals surface area contributed by atoms with Gasteiger partial charge in [-0.05, 0) is 25.2 Å². The molecule has 0 aliphatic heterocycles. The third kappa shape index (κ3) is 3.48. The van der Waals surface area contributed by atoms with Crippen molar-refractivity contribution in [1.29, 1.82) is 0 Å². The van der Waals surface area contributed by atoms with Crippen LogP contribution >= 0.6 is 0 Å². The van der Waals surface area contributed by atoms with Crippen LogP contribution in [0.4, 0.5) is 0 Å². The average molecular weight is 270 g/mol. The van der Waals surface area contributed by atoms with Gasteiger partial charge in [-0.25, -0.2) is 0 Å². The second kappa shape index (κ2) is 6.92. The van der Waals surface area contributed by atoms with Crippen molar-refractivity contribution in [1.82, 2.24) is 0 Å². The van der Waals surface area contributed by atoms with Gasteiger partial charge in [0.25, 0.3) is 0 Å². The number of carbonyl (C=O) groups is 2. The Bertz CT molecular complexity index is 318. The lowest BCUT2D eigenvalue weighted by atomic mass is 9.68. The molecule has 110 valence electrons. The molecule has 1 N–H and O–H groups in total. The second-order valence-corrected chi connectivity index (χ2v) is 5.86. The lowest BCUT2D eigenvalue weighted by Gasteiger charge is -2.35. The highest BCUT2D eigenvalue weighted by molar-refractivity contribution is 5.99. The number of hydrogen-bond donors (Lipinski definition) is 1. The predicted molar refractivity (Wildman–Crippen MR) is 72.7 cm³/mol. The van der Waals surface area contributed by atoms with Gasteiger partial charge in [-0.15, -0.1) is 0 Å². The number of carboxylic acids is 1. The Morgan fingerprint density at radius 1 is 1.26 bits per heavy atom. The SMILES string of the molecule is CCOC(=O)C(CC1CCCCC1)(C(=O)O)C(C)C. The lowest BCUT2D eigenvalue weighted by Crippen LogP contribution is -2.46. The molecule has 19 heavy (non-hydrogen) atoms. The van der Waals surface area contributed by atoms with Gasteiger partial charge >= 0.3 is 11.9 Å². The molecule has 4 heteroatoms. The highest BCUT2D eigenvalue weighted by Crippen LogP contribution is 2.41. The highest BCUT2D eigenvalue weighted by atomic mass is 16.5. The second-order valence-electron chi connectivity index (χ2n) is 5.86. The Morgan fingerprint density at radius 2 is 1.84 bits per heavy atom. The molecule has 0 amide bonds. The first-order chi connectivity index (χ1) is 8.95. The van der Waals surface area contributed by atoms with E-state index in [-0.39, 0.29) is 12.5 Å². The van der Waals surface area contributed by atoms with Gasteiger partial charge in [-0.3, -0.25) is 9.59 Å². The van der Waals surface area contributed by atoms with Crippen molar-refractivity contribution < 1.29 is 19.4 Å². The number of rotatable bonds is 6. The van der Waals surface area contributed by atoms with Crippen molar-refractivity contribution in [3.8, 4) is 0 Å². The molecule has 1 rings (SSSR count). The van der Waals surface area contributed by atoms with Crippen LogP contribution in [-0.2, 0) is 14.3 Å². The van der Waals surface area contributed by atoms with E-state index in [9.17, 15) is 14.7 Å². The summed E-state index contributed by atoms with van der Waals surface area (Å²) in [7, 11) is 0. The summed E-state index contributed by atoms with van der Waals surface area (Å²) >= 11 is 0. The summed E-state index contributed by atoms with van der Waals surface area (Å²) in [6, 6.07) is 0. The maximum absolute atomic E-state index is 12.2. The van der Waals surface area contributed by atoms with Crippen LogP contribution < -0.4 is 0 Å². The van der Waals surface area contributed by atoms with Crippen LogP contribution in [0.2, 0.25) is 0 Å². The van der Waals surface area contributed by atoms with Crippen LogP contribution in [0.1, 0.15) is 59.3 Å². The van der Waals surface area contributed by atoms with Crippen LogP contribution in [0.3, 0.4) is 0 Å². The largest absolute Gasteiger partial charge is 0.480 e. The minimum Gasteiger partial charge on any atom is -0.480 e. The molecule has 4 nitrogen and oxygen atoms in total. The average Bonchev–Trinajstić information content (AvgIpc) is 2.36. The molecule has 1 aliphatic rings. The quantitative estimate of drug-likeness (QED) is 0.594. The van der Waals surface area contributed by atoms with E-state index in [0.717, 1.165) is 25.7 Å². The van der Waals surface area contributed by atoms with Gasteiger partial charge in [0.1, 0.15) is 0 Å². The van der Waals surface area contributed by atoms with Gasteiger partial charge < -0.3 is 9.84 Å². The fraction of sp³-hybridized carbons (Fsp3) is 0.867. The van der Waals surface area contributed by atoms with E-state index in [0.29, 0.717) is 12.3 Å². The normalized spacial score (nSPS) is 20.0. The Labute approximate surface area is 115 Å². The smallest absolute Gasteiger partial charge is 0.323 e. The van der Waals surface area contributed by atoms with E-state index in [1.165, 1.54) is 6.42 Å². The van der Waals surface area contributed by atoms with Gasteiger partial charge in [-0.2, -0.15) is 0 Å². The van der Waals surface area contributed by atoms with E-state index in [2.05, 4.69) is 0 Å². The third-order valence-electron chi connectivity index (χ3n) is 4.34. The number of hydrogen-bond acceptors (Lipinski definition) is 3. The molecule has 1 fully saturated rings. The van der Waals surface area contributed by atoms with E-state index >= 15 is 0 Å². The maximum Gasteiger partial charge on any atom is 0.323 e. The summed E-state index contributed by atoms with van der Waals surface area (Å²) in [5.41, 5.74) is -1.38. The zero-order valence-corrected chi connectivity index (χ0v) is 12.3. The standard InChI is InChI=1S/C15H26O4/c1-4-19-14(18)15(11(2)3,13(16)17)10-12-8-6-5-7-9-12/h11-12H,4-10H2,1-3H3,(H,16,17). The summed E-state index contributed by atoms with van der Waals surface area (Å²) in [5.74, 6) is -1.53. The Kier molecular flexibility index (Phi) is 5.83. The van der Waals surface area contributed by atoms with Crippen molar-refractivity contribution in [2.45, 2.75) is 59.3 Å². The summed E-state index contributed by atoms with van der Waals surface area (Å²) < 4.78 is 5.05. The first kappa shape index (κ1) is 16.0. The number of ether oxygens (including phenoxy) is 1. The molecular weight excluding hydrogens is 244 g/mol. The maximum atomic E-state index is 12.2. The third-order valence-corrected chi connectivity index (χ3v) is 4.34. The van der Waals surface area contributed by atoms with E-state index in [1.807, 2.05) is 0 Å². The van der Waals surface area contributed by atoms with Crippen molar-refractivity contribution in [2.75, 3.05) is 6.61 Å². The van der Waals surface area contributed by atoms with Crippen LogP contribution in [-0.4, -0.2) is 23.7 Å². The minimum atomic E-state index is -1.38. The van der Waals surface area contributed by atoms with Crippen LogP contribution in [0.5, 0.6) is 0 Å². The topological polar surface area (TPSA) is 63.6 Å². The fourth-order valence-electron chi connectivity index (χ4n) is 3.08. The molecule has 0 bridgehead atoms. The van der Waals surface area contributed by atoms with Crippen molar-refractivity contribution in [2.24, 2.45) is 17.3 Å². The van der Waals surface area contributed by atoms with Gasteiger partial charge in [-0.1, -0.05) is 46.0 Å². The van der Waals surface area contributed by atoms with Crippen molar-refractivity contribution >= 4 is 11.9 Å². The summed E-state index contributed by atoms with van der Waals surface area (Å²) in [6.07, 6.45) is 5.97. The molecule has 1 saturated carbocycles. The fourth-order valence-corrected chi connectivity index (χ4v) is 3.08. The number of esters is 1. The molecule has 1 aliphatic carbocycles. The number of carbonyl (C=O) groups excluding carboxylic acids is 1. The van der Waals surface area contributed by atoms with Gasteiger partial charge in [0, 0.05) is 0 Å². The molecule has 1 atom stereocenters. The van der Waals surface area contributed by atoms with Gasteiger partial charge in [0.15, 0.2) is 5.41 Å². The molecule has 0 aromatic heterocycles. The summed E-state index contributed by atoms with van der Waals surface area (Å²) in [5, 5.41) is 9.62. The molecule has 0 aromatic rings. The van der Waals surface area contributed by atoms with Crippen molar-refractivity contribution in [3.05, 3.63) is 0 Å². The van der Waals surface area contributed by atoms with Gasteiger partial charge in [0.05, 0.1) is 6.61 Å². The Morgan fingerprint density at radius 3 is 2.26 bits per heavy atom. The Hall–Kier alpha value is -1.06. The molecule has 0 saturated heterocycles. The van der Waals surface area contributed by atoms with E-state index in [4.69, 9.17) is 4.74 Å². The molecular formula is C15H26O4. The number of aliphatic carboxylic acids is 1. The van der Waals surface area contributed by atoms with E-state index in [1.54, 1.807) is 20.8 Å². The number of carboxylic acid groups (broad SMARTS) is 1. The highest BCUT2D eigenvalue weighted by Gasteiger charge is 2.51. The predicted octanol–water partition coefficient (Wildman–Crippen LogP) is 3.25. The zero-order valence-electron chi connectivity index (χ0n) is 12.3. The summed E-state index contributed by atoms with van der Waals surface area (Å²) in [4.78, 5) is 24.0. The minimum absolute atomic E-state index is 0.227. The van der Waals surface area contributed by atoms with Crippen molar-refractivity contribution in [3.63, 3.8) is 0 Å². The first-order valence-electron chi connectivity index (χ1n) is 7.35. The molecule has 0 heterocycles. The monoisotopic (exact) mass is 270 g/mol. The Balaban J connectivity index is 2.94. The first-order valence-corrected chi connectivity index (χ1v) is 7.35. The van der Waals surface area contributed by atoms with E-state index < -0.39 is 17.4 Å². The molecule has 1 unspecified atom stereocenters. The zero-order chi connectivity index (χ0) is 14.5. The summed E-state index contributed by atoms with van der Waals surface area (Å²) in [6.45, 7) is 5.54. The molecule has 0 spiro atoms. The van der Waals surface area contributed by atoms with Crippen LogP contribution in [0, 0.1) is 17.3 Å². The molecule has 0 radical (unpaired) electrons. The molecule has 0 aromatic carbocycles. The van der Waals surface area contributed by atoms with Crippen LogP contribution in [0.15, 0.2) is 0 Å². The van der Waals surface area contributed by atoms with Gasteiger partial charge in [0.2, 0.25) is 0 Å². The lowest BCUT2D eigenvalue weighted by molar-refractivity contribution is -0.174. The van der Waals surface area contributed by atoms with Crippen LogP contribution in [0.25, 0.3) is 0 Å².